The van der Waals surface area contributed by atoms with E-state index in [2.05, 4.69) is 17.1 Å². The van der Waals surface area contributed by atoms with E-state index in [0.29, 0.717) is 11.9 Å². The van der Waals surface area contributed by atoms with Gasteiger partial charge in [-0.25, -0.2) is 0 Å². The molecular weight excluding hydrogens is 236 g/mol. The molecule has 106 valence electrons. The summed E-state index contributed by atoms with van der Waals surface area (Å²) >= 11 is 0. The zero-order chi connectivity index (χ0) is 13.0. The molecular formula is C16H26N2O. The maximum absolute atomic E-state index is 13.2. The van der Waals surface area contributed by atoms with Gasteiger partial charge in [0.1, 0.15) is 0 Å². The number of hydrogen-bond donors (Lipinski definition) is 1. The van der Waals surface area contributed by atoms with Crippen LogP contribution in [0.4, 0.5) is 0 Å². The fourth-order valence-electron chi connectivity index (χ4n) is 5.82. The minimum atomic E-state index is 0.0559. The van der Waals surface area contributed by atoms with Crippen LogP contribution >= 0.6 is 0 Å². The van der Waals surface area contributed by atoms with Gasteiger partial charge >= 0.3 is 0 Å². The van der Waals surface area contributed by atoms with Gasteiger partial charge in [0, 0.05) is 25.7 Å². The summed E-state index contributed by atoms with van der Waals surface area (Å²) in [7, 11) is 0. The normalized spacial score (nSPS) is 48.6. The Kier molecular flexibility index (Phi) is 2.70. The van der Waals surface area contributed by atoms with E-state index in [-0.39, 0.29) is 5.41 Å². The molecule has 4 saturated carbocycles. The van der Waals surface area contributed by atoms with Gasteiger partial charge in [-0.2, -0.15) is 0 Å². The van der Waals surface area contributed by atoms with Crippen LogP contribution in [0.15, 0.2) is 0 Å². The molecule has 0 spiro atoms. The first-order valence-corrected chi connectivity index (χ1v) is 8.18. The molecule has 5 fully saturated rings. The molecule has 1 aliphatic heterocycles. The van der Waals surface area contributed by atoms with E-state index in [9.17, 15) is 4.79 Å². The highest BCUT2D eigenvalue weighted by atomic mass is 16.2. The standard InChI is InChI=1S/C16H26N2O/c1-11-10-17-2-3-18(11)15(19)16-7-12-4-13(8-16)6-14(5-12)9-16/h11-14,17H,2-10H2,1H3/t11-,12?,13?,14?,16?/m0/s1. The Bertz CT molecular complexity index is 357. The van der Waals surface area contributed by atoms with Gasteiger partial charge in [0.2, 0.25) is 5.91 Å². The van der Waals surface area contributed by atoms with E-state index in [1.165, 1.54) is 38.5 Å². The summed E-state index contributed by atoms with van der Waals surface area (Å²) in [5, 5.41) is 3.40. The summed E-state index contributed by atoms with van der Waals surface area (Å²) in [6.07, 6.45) is 7.87. The lowest BCUT2D eigenvalue weighted by Gasteiger charge is -2.57. The molecule has 0 unspecified atom stereocenters. The lowest BCUT2D eigenvalue weighted by Crippen LogP contribution is -2.60. The second-order valence-corrected chi connectivity index (χ2v) is 7.75. The number of nitrogens with one attached hydrogen (secondary N) is 1. The minimum Gasteiger partial charge on any atom is -0.337 e. The number of carbonyl (C=O) groups is 1. The molecule has 5 rings (SSSR count). The van der Waals surface area contributed by atoms with Crippen LogP contribution in [0.3, 0.4) is 0 Å². The molecule has 3 heteroatoms. The van der Waals surface area contributed by atoms with Gasteiger partial charge in [-0.15, -0.1) is 0 Å². The first kappa shape index (κ1) is 12.2. The Balaban J connectivity index is 1.59. The second kappa shape index (κ2) is 4.21. The summed E-state index contributed by atoms with van der Waals surface area (Å²) < 4.78 is 0. The predicted molar refractivity (Wildman–Crippen MR) is 74.6 cm³/mol. The third kappa shape index (κ3) is 1.84. The van der Waals surface area contributed by atoms with Crippen molar-refractivity contribution >= 4 is 5.91 Å². The Hall–Kier alpha value is -0.570. The summed E-state index contributed by atoms with van der Waals surface area (Å²) in [5.74, 6) is 3.12. The SMILES string of the molecule is C[C@H]1CNCCN1C(=O)C12CC3CC(CC(C3)C1)C2. The van der Waals surface area contributed by atoms with Crippen LogP contribution in [0, 0.1) is 23.2 Å². The largest absolute Gasteiger partial charge is 0.337 e. The maximum Gasteiger partial charge on any atom is 0.229 e. The lowest BCUT2D eigenvalue weighted by atomic mass is 9.49. The lowest BCUT2D eigenvalue weighted by molar-refractivity contribution is -0.160. The van der Waals surface area contributed by atoms with Gasteiger partial charge in [0.25, 0.3) is 0 Å². The van der Waals surface area contributed by atoms with Crippen molar-refractivity contribution in [2.24, 2.45) is 23.2 Å². The smallest absolute Gasteiger partial charge is 0.229 e. The Morgan fingerprint density at radius 1 is 1.11 bits per heavy atom. The summed E-state index contributed by atoms with van der Waals surface area (Å²) in [6, 6.07) is 0.384. The van der Waals surface area contributed by atoms with Crippen LogP contribution in [-0.4, -0.2) is 36.5 Å². The summed E-state index contributed by atoms with van der Waals surface area (Å²) in [4.78, 5) is 15.4. The molecule has 4 aliphatic carbocycles. The molecule has 3 nitrogen and oxygen atoms in total. The average Bonchev–Trinajstić information content (AvgIpc) is 2.37. The van der Waals surface area contributed by atoms with Crippen molar-refractivity contribution in [1.29, 1.82) is 0 Å². The van der Waals surface area contributed by atoms with Crippen LogP contribution < -0.4 is 5.32 Å². The number of hydrogen-bond acceptors (Lipinski definition) is 2. The van der Waals surface area contributed by atoms with Crippen LogP contribution in [0.5, 0.6) is 0 Å². The Morgan fingerprint density at radius 2 is 1.68 bits per heavy atom. The van der Waals surface area contributed by atoms with Gasteiger partial charge in [-0.3, -0.25) is 4.79 Å². The molecule has 19 heavy (non-hydrogen) atoms. The molecule has 0 radical (unpaired) electrons. The number of amides is 1. The van der Waals surface area contributed by atoms with Crippen molar-refractivity contribution < 1.29 is 4.79 Å². The van der Waals surface area contributed by atoms with Gasteiger partial charge in [0.05, 0.1) is 5.41 Å². The van der Waals surface area contributed by atoms with Gasteiger partial charge in [0.15, 0.2) is 0 Å². The molecule has 0 aromatic rings. The average molecular weight is 262 g/mol. The van der Waals surface area contributed by atoms with Gasteiger partial charge in [-0.05, 0) is 63.2 Å². The number of nitrogens with zero attached hydrogens (tertiary/aromatic N) is 1. The van der Waals surface area contributed by atoms with Crippen LogP contribution in [0.25, 0.3) is 0 Å². The molecule has 1 heterocycles. The van der Waals surface area contributed by atoms with Crippen molar-refractivity contribution in [2.45, 2.75) is 51.5 Å². The van der Waals surface area contributed by atoms with E-state index in [1.807, 2.05) is 0 Å². The third-order valence-electron chi connectivity index (χ3n) is 6.25. The molecule has 0 aromatic heterocycles. The topological polar surface area (TPSA) is 32.3 Å². The molecule has 5 aliphatic rings. The van der Waals surface area contributed by atoms with Crippen molar-refractivity contribution in [3.05, 3.63) is 0 Å². The monoisotopic (exact) mass is 262 g/mol. The highest BCUT2D eigenvalue weighted by Crippen LogP contribution is 2.60. The van der Waals surface area contributed by atoms with Crippen LogP contribution in [0.2, 0.25) is 0 Å². The highest BCUT2D eigenvalue weighted by Gasteiger charge is 2.55. The first-order chi connectivity index (χ1) is 9.16. The first-order valence-electron chi connectivity index (χ1n) is 8.18. The second-order valence-electron chi connectivity index (χ2n) is 7.75. The fourth-order valence-corrected chi connectivity index (χ4v) is 5.82. The van der Waals surface area contributed by atoms with Crippen molar-refractivity contribution in [3.63, 3.8) is 0 Å². The van der Waals surface area contributed by atoms with Gasteiger partial charge < -0.3 is 10.2 Å². The zero-order valence-corrected chi connectivity index (χ0v) is 12.0. The Morgan fingerprint density at radius 3 is 2.21 bits per heavy atom. The van der Waals surface area contributed by atoms with E-state index in [1.54, 1.807) is 0 Å². The number of carbonyl (C=O) groups excluding carboxylic acids is 1. The third-order valence-corrected chi connectivity index (χ3v) is 6.25. The van der Waals surface area contributed by atoms with E-state index in [0.717, 1.165) is 37.4 Å². The molecule has 0 aromatic carbocycles. The van der Waals surface area contributed by atoms with Crippen LogP contribution in [-0.2, 0) is 4.79 Å². The van der Waals surface area contributed by atoms with E-state index < -0.39 is 0 Å². The fraction of sp³-hybridized carbons (Fsp3) is 0.938. The van der Waals surface area contributed by atoms with E-state index in [4.69, 9.17) is 0 Å². The quantitative estimate of drug-likeness (QED) is 0.784. The van der Waals surface area contributed by atoms with Crippen molar-refractivity contribution in [3.8, 4) is 0 Å². The molecule has 1 amide bonds. The molecule has 1 atom stereocenters. The van der Waals surface area contributed by atoms with Crippen LogP contribution in [0.1, 0.15) is 45.4 Å². The summed E-state index contributed by atoms with van der Waals surface area (Å²) in [5.41, 5.74) is 0.0559. The Labute approximate surface area is 116 Å². The molecule has 4 bridgehead atoms. The predicted octanol–water partition coefficient (Wildman–Crippen LogP) is 2.02. The van der Waals surface area contributed by atoms with Crippen molar-refractivity contribution in [1.82, 2.24) is 10.2 Å². The summed E-state index contributed by atoms with van der Waals surface area (Å²) in [6.45, 7) is 5.06. The number of rotatable bonds is 1. The number of piperazine rings is 1. The maximum atomic E-state index is 13.2. The minimum absolute atomic E-state index is 0.0559. The van der Waals surface area contributed by atoms with Crippen molar-refractivity contribution in [2.75, 3.05) is 19.6 Å². The molecule has 1 N–H and O–H groups in total. The highest BCUT2D eigenvalue weighted by molar-refractivity contribution is 5.83. The molecule has 1 saturated heterocycles. The van der Waals surface area contributed by atoms with E-state index >= 15 is 0 Å². The van der Waals surface area contributed by atoms with Gasteiger partial charge in [-0.1, -0.05) is 0 Å². The zero-order valence-electron chi connectivity index (χ0n) is 12.0.